The van der Waals surface area contributed by atoms with Crippen LogP contribution in [0.4, 0.5) is 0 Å². The quantitative estimate of drug-likeness (QED) is 0.277. The van der Waals surface area contributed by atoms with Crippen LogP contribution in [0.15, 0.2) is 77.6 Å². The molecule has 34 heavy (non-hydrogen) atoms. The van der Waals surface area contributed by atoms with Gasteiger partial charge in [-0.3, -0.25) is 9.36 Å². The lowest BCUT2D eigenvalue weighted by molar-refractivity contribution is 0.230. The smallest absolute Gasteiger partial charge is 0.305 e. The molecule has 0 saturated carbocycles. The summed E-state index contributed by atoms with van der Waals surface area (Å²) in [5.41, 5.74) is 2.08. The summed E-state index contributed by atoms with van der Waals surface area (Å²) in [6.45, 7) is 10.3. The van der Waals surface area contributed by atoms with Gasteiger partial charge in [0.2, 0.25) is 5.43 Å². The van der Waals surface area contributed by atoms with Gasteiger partial charge in [0.15, 0.2) is 0 Å². The van der Waals surface area contributed by atoms with Crippen molar-refractivity contribution in [2.75, 3.05) is 13.2 Å². The lowest BCUT2D eigenvalue weighted by Crippen LogP contribution is -2.27. The van der Waals surface area contributed by atoms with E-state index in [1.165, 1.54) is 0 Å². The van der Waals surface area contributed by atoms with E-state index in [0.29, 0.717) is 10.9 Å². The average molecular weight is 475 g/mol. The van der Waals surface area contributed by atoms with Crippen LogP contribution in [0.25, 0.3) is 32.7 Å². The van der Waals surface area contributed by atoms with Gasteiger partial charge in [0, 0.05) is 10.9 Å². The van der Waals surface area contributed by atoms with E-state index in [1.807, 2.05) is 48.5 Å². The molecule has 0 radical (unpaired) electrons. The molecule has 176 valence electrons. The normalized spacial score (nSPS) is 12.4. The highest BCUT2D eigenvalue weighted by Gasteiger charge is 2.35. The molecule has 5 heteroatoms. The third-order valence-corrected chi connectivity index (χ3v) is 8.17. The van der Waals surface area contributed by atoms with Crippen molar-refractivity contribution < 1.29 is 13.6 Å². The van der Waals surface area contributed by atoms with Gasteiger partial charge in [-0.2, -0.15) is 0 Å². The highest BCUT2D eigenvalue weighted by atomic mass is 31.2. The zero-order chi connectivity index (χ0) is 24.5. The highest BCUT2D eigenvalue weighted by Crippen LogP contribution is 2.49. The first-order valence-corrected chi connectivity index (χ1v) is 13.2. The van der Waals surface area contributed by atoms with Crippen LogP contribution in [0.3, 0.4) is 0 Å². The van der Waals surface area contributed by atoms with Crippen molar-refractivity contribution in [3.05, 3.63) is 88.6 Å². The molecule has 0 fully saturated rings. The van der Waals surface area contributed by atoms with Crippen LogP contribution in [0.5, 0.6) is 0 Å². The van der Waals surface area contributed by atoms with Crippen molar-refractivity contribution in [2.45, 2.75) is 40.0 Å². The lowest BCUT2D eigenvalue weighted by Gasteiger charge is -2.21. The summed E-state index contributed by atoms with van der Waals surface area (Å²) in [6, 6.07) is 23.4. The Kier molecular flexibility index (Phi) is 6.78. The van der Waals surface area contributed by atoms with Crippen LogP contribution in [-0.2, 0) is 19.0 Å². The van der Waals surface area contributed by atoms with Crippen molar-refractivity contribution in [1.29, 1.82) is 0 Å². The van der Waals surface area contributed by atoms with E-state index < -0.39 is 7.60 Å². The first-order chi connectivity index (χ1) is 16.2. The number of benzene rings is 3. The van der Waals surface area contributed by atoms with Crippen LogP contribution in [-0.4, -0.2) is 13.2 Å². The Hall–Kier alpha value is -2.78. The van der Waals surface area contributed by atoms with Crippen molar-refractivity contribution in [1.82, 2.24) is 0 Å². The Balaban J connectivity index is 2.37. The minimum atomic E-state index is -3.94. The Labute approximate surface area is 201 Å². The number of rotatable bonds is 6. The fraction of sp³-hybridized carbons (Fsp3) is 0.276. The standard InChI is InChI=1S/C29H31O4P/c1-6-32-34(31,33-7-2)28-26(20-13-9-8-10-14-20)25-19-21(29(3,4)5)17-18-23(25)22-15-11-12-16-24(22)27(28)30/h8-19H,6-7H2,1-5H3. The molecule has 4 rings (SSSR count). The molecule has 0 aliphatic rings. The molecule has 0 spiro atoms. The fourth-order valence-corrected chi connectivity index (χ4v) is 6.31. The average Bonchev–Trinajstić information content (AvgIpc) is 2.92. The van der Waals surface area contributed by atoms with Crippen LogP contribution in [0.1, 0.15) is 40.2 Å². The van der Waals surface area contributed by atoms with Gasteiger partial charge < -0.3 is 9.05 Å². The molecule has 4 aromatic rings. The summed E-state index contributed by atoms with van der Waals surface area (Å²) in [4.78, 5) is 14.2. The third kappa shape index (κ3) is 4.34. The first-order valence-electron chi connectivity index (χ1n) is 11.7. The maximum atomic E-state index is 14.3. The minimum absolute atomic E-state index is 0.0969. The third-order valence-electron chi connectivity index (χ3n) is 6.00. The second-order valence-electron chi connectivity index (χ2n) is 9.31. The number of fused-ring (bicyclic) bond motifs is 3. The summed E-state index contributed by atoms with van der Waals surface area (Å²) in [7, 11) is -3.94. The van der Waals surface area contributed by atoms with E-state index in [9.17, 15) is 9.36 Å². The Morgan fingerprint density at radius 1 is 0.735 bits per heavy atom. The first kappa shape index (κ1) is 24.3. The topological polar surface area (TPSA) is 52.6 Å². The van der Waals surface area contributed by atoms with Crippen molar-refractivity contribution in [3.8, 4) is 11.1 Å². The van der Waals surface area contributed by atoms with E-state index in [2.05, 4.69) is 39.0 Å². The van der Waals surface area contributed by atoms with Gasteiger partial charge in [0.1, 0.15) is 5.30 Å². The minimum Gasteiger partial charge on any atom is -0.305 e. The van der Waals surface area contributed by atoms with Crippen molar-refractivity contribution in [2.24, 2.45) is 0 Å². The Morgan fingerprint density at radius 3 is 1.88 bits per heavy atom. The maximum Gasteiger partial charge on any atom is 0.365 e. The van der Waals surface area contributed by atoms with Gasteiger partial charge in [-0.05, 0) is 52.6 Å². The number of hydrogen-bond acceptors (Lipinski definition) is 4. The van der Waals surface area contributed by atoms with Crippen LogP contribution in [0.2, 0.25) is 0 Å². The summed E-state index contributed by atoms with van der Waals surface area (Å²) in [6.07, 6.45) is 0. The molecule has 0 unspecified atom stereocenters. The summed E-state index contributed by atoms with van der Waals surface area (Å²) >= 11 is 0. The summed E-state index contributed by atoms with van der Waals surface area (Å²) < 4.78 is 25.8. The van der Waals surface area contributed by atoms with Crippen molar-refractivity contribution >= 4 is 34.4 Å². The predicted octanol–water partition coefficient (Wildman–Crippen LogP) is 7.21. The molecule has 4 aromatic carbocycles. The second-order valence-corrected chi connectivity index (χ2v) is 11.3. The second kappa shape index (κ2) is 9.46. The van der Waals surface area contributed by atoms with E-state index in [1.54, 1.807) is 19.9 Å². The van der Waals surface area contributed by atoms with E-state index in [4.69, 9.17) is 9.05 Å². The van der Waals surface area contributed by atoms with Gasteiger partial charge in [-0.15, -0.1) is 0 Å². The van der Waals surface area contributed by atoms with E-state index >= 15 is 0 Å². The predicted molar refractivity (Wildman–Crippen MR) is 142 cm³/mol. The molecule has 0 saturated heterocycles. The molecule has 0 aliphatic carbocycles. The number of hydrogen-bond donors (Lipinski definition) is 0. The Morgan fingerprint density at radius 2 is 1.29 bits per heavy atom. The molecule has 0 amide bonds. The zero-order valence-electron chi connectivity index (χ0n) is 20.4. The maximum absolute atomic E-state index is 14.3. The molecule has 0 N–H and O–H groups in total. The van der Waals surface area contributed by atoms with Crippen LogP contribution < -0.4 is 10.7 Å². The molecule has 0 heterocycles. The van der Waals surface area contributed by atoms with Gasteiger partial charge in [-0.1, -0.05) is 87.5 Å². The highest BCUT2D eigenvalue weighted by molar-refractivity contribution is 7.62. The monoisotopic (exact) mass is 474 g/mol. The van der Waals surface area contributed by atoms with E-state index in [0.717, 1.165) is 27.3 Å². The largest absolute Gasteiger partial charge is 0.365 e. The molecule has 4 nitrogen and oxygen atoms in total. The molecular weight excluding hydrogens is 443 g/mol. The zero-order valence-corrected chi connectivity index (χ0v) is 21.3. The molecule has 0 atom stereocenters. The summed E-state index contributed by atoms with van der Waals surface area (Å²) in [5.74, 6) is 0. The fourth-order valence-electron chi connectivity index (χ4n) is 4.40. The van der Waals surface area contributed by atoms with E-state index in [-0.39, 0.29) is 29.4 Å². The molecular formula is C29H31O4P. The van der Waals surface area contributed by atoms with Crippen molar-refractivity contribution in [3.63, 3.8) is 0 Å². The van der Waals surface area contributed by atoms with Gasteiger partial charge in [0.05, 0.1) is 13.2 Å². The van der Waals surface area contributed by atoms with Crippen LogP contribution in [0, 0.1) is 0 Å². The summed E-state index contributed by atoms with van der Waals surface area (Å²) in [5, 5.41) is 3.18. The molecule has 0 aromatic heterocycles. The SMILES string of the molecule is CCOP(=O)(OCC)c1c(-c2ccccc2)c2cc(C(C)(C)C)ccc2c2ccccc2c1=O. The Bertz CT molecular complexity index is 1440. The van der Waals surface area contributed by atoms with Gasteiger partial charge in [-0.25, -0.2) is 0 Å². The van der Waals surface area contributed by atoms with Gasteiger partial charge >= 0.3 is 7.60 Å². The molecule has 0 bridgehead atoms. The lowest BCUT2D eigenvalue weighted by atomic mass is 9.85. The molecule has 0 aliphatic heterocycles. The van der Waals surface area contributed by atoms with Gasteiger partial charge in [0.25, 0.3) is 0 Å². The van der Waals surface area contributed by atoms with Crippen LogP contribution >= 0.6 is 7.60 Å².